The van der Waals surface area contributed by atoms with Crippen molar-refractivity contribution in [3.8, 4) is 0 Å². The van der Waals surface area contributed by atoms with Gasteiger partial charge in [-0.1, -0.05) is 37.6 Å². The number of hydrogen-bond acceptors (Lipinski definition) is 2. The fraction of sp³-hybridized carbons (Fsp3) is 0.600. The lowest BCUT2D eigenvalue weighted by molar-refractivity contribution is 0.0312. The zero-order valence-corrected chi connectivity index (χ0v) is 11.5. The summed E-state index contributed by atoms with van der Waals surface area (Å²) >= 11 is 0. The quantitative estimate of drug-likeness (QED) is 0.867. The average Bonchev–Trinajstić information content (AvgIpc) is 2.20. The highest BCUT2D eigenvalue weighted by molar-refractivity contribution is 5.30. The van der Waals surface area contributed by atoms with Crippen molar-refractivity contribution in [3.05, 3.63) is 34.9 Å². The average molecular weight is 232 g/mol. The Labute approximate surface area is 105 Å². The summed E-state index contributed by atoms with van der Waals surface area (Å²) in [6, 6.07) is 6.68. The van der Waals surface area contributed by atoms with Crippen LogP contribution >= 0.6 is 0 Å². The number of likely N-dealkylation sites (tertiary alicyclic amines) is 1. The van der Waals surface area contributed by atoms with Crippen molar-refractivity contribution in [2.24, 2.45) is 11.7 Å². The molecule has 0 radical (unpaired) electrons. The number of nitrogens with two attached hydrogens (primary N) is 1. The predicted octanol–water partition coefficient (Wildman–Crippen LogP) is 2.47. The van der Waals surface area contributed by atoms with Crippen LogP contribution in [0.4, 0.5) is 0 Å². The van der Waals surface area contributed by atoms with Crippen LogP contribution in [0.25, 0.3) is 0 Å². The highest BCUT2D eigenvalue weighted by Crippen LogP contribution is 2.28. The van der Waals surface area contributed by atoms with Gasteiger partial charge < -0.3 is 5.73 Å². The van der Waals surface area contributed by atoms with Crippen LogP contribution in [-0.4, -0.2) is 23.5 Å². The molecule has 1 aromatic rings. The van der Waals surface area contributed by atoms with Crippen molar-refractivity contribution in [1.82, 2.24) is 4.90 Å². The molecule has 1 aliphatic rings. The summed E-state index contributed by atoms with van der Waals surface area (Å²) in [5.74, 6) is 0.567. The summed E-state index contributed by atoms with van der Waals surface area (Å²) < 4.78 is 0. The summed E-state index contributed by atoms with van der Waals surface area (Å²) in [5, 5.41) is 0. The Morgan fingerprint density at radius 3 is 2.53 bits per heavy atom. The first-order chi connectivity index (χ1) is 7.90. The molecule has 0 saturated carbocycles. The molecule has 1 aliphatic heterocycles. The SMILES string of the molecule is Cc1ccc(C)c(CN2CC(N)(C(C)C)C2)c1. The largest absolute Gasteiger partial charge is 0.323 e. The second kappa shape index (κ2) is 4.43. The molecule has 1 aromatic carbocycles. The third kappa shape index (κ3) is 2.53. The van der Waals surface area contributed by atoms with E-state index in [4.69, 9.17) is 5.73 Å². The van der Waals surface area contributed by atoms with Crippen LogP contribution < -0.4 is 5.73 Å². The van der Waals surface area contributed by atoms with Gasteiger partial charge in [0.2, 0.25) is 0 Å². The van der Waals surface area contributed by atoms with Crippen molar-refractivity contribution in [3.63, 3.8) is 0 Å². The number of hydrogen-bond donors (Lipinski definition) is 1. The molecule has 2 N–H and O–H groups in total. The Hall–Kier alpha value is -0.860. The van der Waals surface area contributed by atoms with Gasteiger partial charge in [0.05, 0.1) is 0 Å². The van der Waals surface area contributed by atoms with Crippen LogP contribution in [0.5, 0.6) is 0 Å². The van der Waals surface area contributed by atoms with Crippen LogP contribution in [0.3, 0.4) is 0 Å². The molecule has 0 aliphatic carbocycles. The normalized spacial score (nSPS) is 19.4. The van der Waals surface area contributed by atoms with Crippen molar-refractivity contribution in [2.45, 2.75) is 39.8 Å². The molecule has 1 saturated heterocycles. The van der Waals surface area contributed by atoms with Crippen molar-refractivity contribution >= 4 is 0 Å². The second-order valence-electron chi connectivity index (χ2n) is 5.96. The van der Waals surface area contributed by atoms with Gasteiger partial charge in [0.25, 0.3) is 0 Å². The van der Waals surface area contributed by atoms with E-state index in [0.717, 1.165) is 19.6 Å². The summed E-state index contributed by atoms with van der Waals surface area (Å²) in [6.45, 7) is 11.9. The van der Waals surface area contributed by atoms with Gasteiger partial charge in [-0.2, -0.15) is 0 Å². The lowest BCUT2D eigenvalue weighted by Gasteiger charge is -2.50. The molecule has 0 spiro atoms. The molecule has 0 unspecified atom stereocenters. The molecule has 2 heteroatoms. The fourth-order valence-corrected chi connectivity index (χ4v) is 2.47. The van der Waals surface area contributed by atoms with Crippen LogP contribution in [0, 0.1) is 19.8 Å². The molecular formula is C15H24N2. The van der Waals surface area contributed by atoms with Gasteiger partial charge >= 0.3 is 0 Å². The Morgan fingerprint density at radius 2 is 1.94 bits per heavy atom. The van der Waals surface area contributed by atoms with E-state index in [0.29, 0.717) is 5.92 Å². The van der Waals surface area contributed by atoms with Gasteiger partial charge in [0.1, 0.15) is 0 Å². The van der Waals surface area contributed by atoms with Gasteiger partial charge in [-0.05, 0) is 30.9 Å². The van der Waals surface area contributed by atoms with E-state index in [1.165, 1.54) is 16.7 Å². The molecule has 0 atom stereocenters. The first kappa shape index (κ1) is 12.6. The smallest absolute Gasteiger partial charge is 0.0435 e. The molecule has 17 heavy (non-hydrogen) atoms. The topological polar surface area (TPSA) is 29.3 Å². The zero-order chi connectivity index (χ0) is 12.6. The molecule has 2 nitrogen and oxygen atoms in total. The molecule has 0 bridgehead atoms. The Kier molecular flexibility index (Phi) is 3.28. The predicted molar refractivity (Wildman–Crippen MR) is 72.9 cm³/mol. The van der Waals surface area contributed by atoms with Crippen LogP contribution in [0.1, 0.15) is 30.5 Å². The fourth-order valence-electron chi connectivity index (χ4n) is 2.47. The van der Waals surface area contributed by atoms with Crippen LogP contribution in [-0.2, 0) is 6.54 Å². The number of rotatable bonds is 3. The minimum atomic E-state index is 0.0394. The second-order valence-corrected chi connectivity index (χ2v) is 5.96. The molecule has 2 rings (SSSR count). The maximum absolute atomic E-state index is 6.32. The van der Waals surface area contributed by atoms with E-state index < -0.39 is 0 Å². The van der Waals surface area contributed by atoms with E-state index in [1.807, 2.05) is 0 Å². The Morgan fingerprint density at radius 1 is 1.29 bits per heavy atom. The van der Waals surface area contributed by atoms with E-state index in [1.54, 1.807) is 0 Å². The number of nitrogens with zero attached hydrogens (tertiary/aromatic N) is 1. The van der Waals surface area contributed by atoms with Crippen LogP contribution in [0.15, 0.2) is 18.2 Å². The lowest BCUT2D eigenvalue weighted by atomic mass is 9.80. The van der Waals surface area contributed by atoms with Crippen molar-refractivity contribution in [2.75, 3.05) is 13.1 Å². The van der Waals surface area contributed by atoms with E-state index in [2.05, 4.69) is 50.8 Å². The highest BCUT2D eigenvalue weighted by atomic mass is 15.2. The summed E-state index contributed by atoms with van der Waals surface area (Å²) in [4.78, 5) is 2.45. The minimum absolute atomic E-state index is 0.0394. The van der Waals surface area contributed by atoms with E-state index in [9.17, 15) is 0 Å². The number of aryl methyl sites for hydroxylation is 2. The molecule has 0 amide bonds. The number of benzene rings is 1. The third-order valence-electron chi connectivity index (χ3n) is 4.08. The summed E-state index contributed by atoms with van der Waals surface area (Å²) in [7, 11) is 0. The minimum Gasteiger partial charge on any atom is -0.323 e. The molecular weight excluding hydrogens is 208 g/mol. The first-order valence-electron chi connectivity index (χ1n) is 6.48. The van der Waals surface area contributed by atoms with Gasteiger partial charge in [-0.15, -0.1) is 0 Å². The molecule has 1 heterocycles. The van der Waals surface area contributed by atoms with Gasteiger partial charge in [0, 0.05) is 25.2 Å². The maximum atomic E-state index is 6.32. The maximum Gasteiger partial charge on any atom is 0.0435 e. The van der Waals surface area contributed by atoms with Crippen LogP contribution in [0.2, 0.25) is 0 Å². The summed E-state index contributed by atoms with van der Waals surface area (Å²) in [5.41, 5.74) is 10.5. The molecule has 0 aromatic heterocycles. The van der Waals surface area contributed by atoms with Crippen molar-refractivity contribution in [1.29, 1.82) is 0 Å². The molecule has 94 valence electrons. The van der Waals surface area contributed by atoms with E-state index in [-0.39, 0.29) is 5.54 Å². The molecule has 1 fully saturated rings. The van der Waals surface area contributed by atoms with E-state index >= 15 is 0 Å². The standard InChI is InChI=1S/C15H24N2/c1-11(2)15(16)9-17(10-15)8-14-7-12(3)5-6-13(14)4/h5-7,11H,8-10,16H2,1-4H3. The monoisotopic (exact) mass is 232 g/mol. The Bertz CT molecular complexity index is 403. The van der Waals surface area contributed by atoms with Gasteiger partial charge in [0.15, 0.2) is 0 Å². The first-order valence-corrected chi connectivity index (χ1v) is 6.48. The van der Waals surface area contributed by atoms with Gasteiger partial charge in [-0.25, -0.2) is 0 Å². The van der Waals surface area contributed by atoms with Crippen molar-refractivity contribution < 1.29 is 0 Å². The Balaban J connectivity index is 1.98. The lowest BCUT2D eigenvalue weighted by Crippen LogP contribution is -2.69. The third-order valence-corrected chi connectivity index (χ3v) is 4.08. The highest BCUT2D eigenvalue weighted by Gasteiger charge is 2.41. The van der Waals surface area contributed by atoms with Gasteiger partial charge in [-0.3, -0.25) is 4.90 Å². The zero-order valence-electron chi connectivity index (χ0n) is 11.5. The summed E-state index contributed by atoms with van der Waals surface area (Å²) in [6.07, 6.45) is 0.